The zero-order valence-electron chi connectivity index (χ0n) is 14.7. The van der Waals surface area contributed by atoms with E-state index in [2.05, 4.69) is 26.8 Å². The van der Waals surface area contributed by atoms with E-state index >= 15 is 0 Å². The Morgan fingerprint density at radius 2 is 1.82 bits per heavy atom. The summed E-state index contributed by atoms with van der Waals surface area (Å²) in [6, 6.07) is 0. The molecule has 0 radical (unpaired) electrons. The van der Waals surface area contributed by atoms with E-state index < -0.39 is 5.41 Å². The minimum Gasteiger partial charge on any atom is -0.299 e. The van der Waals surface area contributed by atoms with E-state index in [1.54, 1.807) is 0 Å². The summed E-state index contributed by atoms with van der Waals surface area (Å²) >= 11 is 0. The van der Waals surface area contributed by atoms with Crippen molar-refractivity contribution in [1.82, 2.24) is 0 Å². The first-order chi connectivity index (χ1) is 10.3. The van der Waals surface area contributed by atoms with Gasteiger partial charge in [-0.3, -0.25) is 9.59 Å². The maximum Gasteiger partial charge on any atom is 0.162 e. The predicted molar refractivity (Wildman–Crippen MR) is 90.5 cm³/mol. The maximum atomic E-state index is 12.9. The van der Waals surface area contributed by atoms with E-state index in [1.165, 1.54) is 5.57 Å². The van der Waals surface area contributed by atoms with Gasteiger partial charge in [-0.15, -0.1) is 0 Å². The summed E-state index contributed by atoms with van der Waals surface area (Å²) in [4.78, 5) is 25.5. The first-order valence-corrected chi connectivity index (χ1v) is 8.65. The van der Waals surface area contributed by atoms with Gasteiger partial charge in [-0.1, -0.05) is 38.0 Å². The topological polar surface area (TPSA) is 34.1 Å². The second-order valence-electron chi connectivity index (χ2n) is 7.92. The first-order valence-electron chi connectivity index (χ1n) is 8.65. The van der Waals surface area contributed by atoms with Gasteiger partial charge in [-0.25, -0.2) is 0 Å². The fourth-order valence-corrected chi connectivity index (χ4v) is 4.33. The lowest BCUT2D eigenvalue weighted by Gasteiger charge is -2.33. The van der Waals surface area contributed by atoms with Gasteiger partial charge in [0.1, 0.15) is 5.78 Å². The molecule has 2 heteroatoms. The fraction of sp³-hybridized carbons (Fsp3) is 0.700. The van der Waals surface area contributed by atoms with Crippen molar-refractivity contribution in [3.63, 3.8) is 0 Å². The number of hydrogen-bond acceptors (Lipinski definition) is 2. The van der Waals surface area contributed by atoms with Crippen molar-refractivity contribution in [2.24, 2.45) is 23.2 Å². The van der Waals surface area contributed by atoms with Crippen molar-refractivity contribution in [2.45, 2.75) is 66.7 Å². The van der Waals surface area contributed by atoms with E-state index in [9.17, 15) is 9.59 Å². The number of carbonyl (C=O) groups is 2. The number of Topliss-reactive ketones (excluding diaryl/α,β-unsaturated/α-hetero) is 1. The molecule has 0 aliphatic heterocycles. The van der Waals surface area contributed by atoms with E-state index in [0.29, 0.717) is 18.1 Å². The summed E-state index contributed by atoms with van der Waals surface area (Å²) in [5.74, 6) is 0.993. The van der Waals surface area contributed by atoms with Crippen LogP contribution in [0.2, 0.25) is 0 Å². The highest BCUT2D eigenvalue weighted by atomic mass is 16.1. The fourth-order valence-electron chi connectivity index (χ4n) is 4.33. The summed E-state index contributed by atoms with van der Waals surface area (Å²) in [5.41, 5.74) is 2.03. The molecule has 3 atom stereocenters. The van der Waals surface area contributed by atoms with Crippen LogP contribution < -0.4 is 0 Å². The zero-order chi connectivity index (χ0) is 16.5. The number of rotatable bonds is 1. The van der Waals surface area contributed by atoms with Crippen LogP contribution in [0.4, 0.5) is 0 Å². The lowest BCUT2D eigenvalue weighted by Crippen LogP contribution is -2.34. The van der Waals surface area contributed by atoms with Gasteiger partial charge in [0.05, 0.1) is 0 Å². The van der Waals surface area contributed by atoms with Crippen LogP contribution in [0.3, 0.4) is 0 Å². The molecule has 1 saturated carbocycles. The van der Waals surface area contributed by atoms with Gasteiger partial charge in [0.15, 0.2) is 5.78 Å². The average Bonchev–Trinajstić information content (AvgIpc) is 2.67. The molecule has 22 heavy (non-hydrogen) atoms. The molecule has 0 heterocycles. The van der Waals surface area contributed by atoms with Crippen LogP contribution in [0.15, 0.2) is 23.3 Å². The Balaban J connectivity index is 2.43. The van der Waals surface area contributed by atoms with E-state index in [-0.39, 0.29) is 17.6 Å². The molecule has 1 fully saturated rings. The van der Waals surface area contributed by atoms with Crippen molar-refractivity contribution in [1.29, 1.82) is 0 Å². The number of allylic oxidation sites excluding steroid dienone is 4. The molecule has 2 aliphatic carbocycles. The van der Waals surface area contributed by atoms with Crippen LogP contribution in [0.1, 0.15) is 66.7 Å². The lowest BCUT2D eigenvalue weighted by atomic mass is 9.69. The van der Waals surface area contributed by atoms with Crippen molar-refractivity contribution in [3.8, 4) is 0 Å². The Labute approximate surface area is 135 Å². The quantitative estimate of drug-likeness (QED) is 0.646. The minimum absolute atomic E-state index is 0.0382. The van der Waals surface area contributed by atoms with Gasteiger partial charge in [0.25, 0.3) is 0 Å². The van der Waals surface area contributed by atoms with Crippen LogP contribution >= 0.6 is 0 Å². The van der Waals surface area contributed by atoms with Crippen molar-refractivity contribution in [2.75, 3.05) is 0 Å². The largest absolute Gasteiger partial charge is 0.299 e. The highest BCUT2D eigenvalue weighted by Crippen LogP contribution is 2.51. The Morgan fingerprint density at radius 3 is 2.45 bits per heavy atom. The maximum absolute atomic E-state index is 12.9. The SMILES string of the molecule is CC1=CC(=O)C2(C)CC(=O)C(C(C)C)C2CCC(C)=CCC1. The monoisotopic (exact) mass is 302 g/mol. The van der Waals surface area contributed by atoms with Crippen LogP contribution in [-0.4, -0.2) is 11.6 Å². The van der Waals surface area contributed by atoms with Crippen molar-refractivity contribution in [3.05, 3.63) is 23.3 Å². The zero-order valence-corrected chi connectivity index (χ0v) is 14.7. The molecule has 0 saturated heterocycles. The number of hydrogen-bond donors (Lipinski definition) is 0. The molecule has 0 amide bonds. The minimum atomic E-state index is -0.502. The van der Waals surface area contributed by atoms with Gasteiger partial charge in [0, 0.05) is 17.8 Å². The van der Waals surface area contributed by atoms with Crippen LogP contribution in [0, 0.1) is 23.2 Å². The molecule has 3 unspecified atom stereocenters. The van der Waals surface area contributed by atoms with Crippen molar-refractivity contribution >= 4 is 11.6 Å². The average molecular weight is 302 g/mol. The van der Waals surface area contributed by atoms with Gasteiger partial charge in [0.2, 0.25) is 0 Å². The van der Waals surface area contributed by atoms with E-state index in [4.69, 9.17) is 0 Å². The Morgan fingerprint density at radius 1 is 1.14 bits per heavy atom. The molecule has 0 bridgehead atoms. The Kier molecular flexibility index (Phi) is 5.09. The van der Waals surface area contributed by atoms with Crippen LogP contribution in [0.5, 0.6) is 0 Å². The standard InChI is InChI=1S/C20H30O2/c1-13(2)19-16-10-9-14(3)7-6-8-15(4)11-18(22)20(16,5)12-17(19)21/h7,11,13,16,19H,6,8-10,12H2,1-5H3. The number of ketones is 2. The highest BCUT2D eigenvalue weighted by Gasteiger charge is 2.53. The molecular weight excluding hydrogens is 272 g/mol. The van der Waals surface area contributed by atoms with Gasteiger partial charge < -0.3 is 0 Å². The number of fused-ring (bicyclic) bond motifs is 1. The molecule has 0 aromatic heterocycles. The molecule has 0 aromatic rings. The molecule has 2 aliphatic rings. The predicted octanol–water partition coefficient (Wildman–Crippen LogP) is 4.89. The first kappa shape index (κ1) is 17.2. The summed E-state index contributed by atoms with van der Waals surface area (Å²) in [6.45, 7) is 10.5. The normalized spacial score (nSPS) is 34.1. The summed E-state index contributed by atoms with van der Waals surface area (Å²) in [7, 11) is 0. The second-order valence-corrected chi connectivity index (χ2v) is 7.92. The molecule has 0 aromatic carbocycles. The third kappa shape index (κ3) is 3.26. The molecule has 0 N–H and O–H groups in total. The molecular formula is C20H30O2. The summed E-state index contributed by atoms with van der Waals surface area (Å²) in [6.07, 6.45) is 8.44. The summed E-state index contributed by atoms with van der Waals surface area (Å²) in [5, 5.41) is 0. The second kappa shape index (κ2) is 6.52. The highest BCUT2D eigenvalue weighted by molar-refractivity contribution is 6.01. The third-order valence-electron chi connectivity index (χ3n) is 5.70. The summed E-state index contributed by atoms with van der Waals surface area (Å²) < 4.78 is 0. The van der Waals surface area contributed by atoms with E-state index in [0.717, 1.165) is 31.3 Å². The van der Waals surface area contributed by atoms with Crippen molar-refractivity contribution < 1.29 is 9.59 Å². The Bertz CT molecular complexity index is 524. The molecule has 2 nitrogen and oxygen atoms in total. The van der Waals surface area contributed by atoms with Crippen LogP contribution in [0.25, 0.3) is 0 Å². The van der Waals surface area contributed by atoms with Gasteiger partial charge in [-0.2, -0.15) is 0 Å². The van der Waals surface area contributed by atoms with Crippen LogP contribution in [-0.2, 0) is 9.59 Å². The lowest BCUT2D eigenvalue weighted by molar-refractivity contribution is -0.126. The molecule has 2 rings (SSSR count). The smallest absolute Gasteiger partial charge is 0.162 e. The van der Waals surface area contributed by atoms with Gasteiger partial charge >= 0.3 is 0 Å². The number of carbonyl (C=O) groups excluding carboxylic acids is 2. The third-order valence-corrected chi connectivity index (χ3v) is 5.70. The van der Waals surface area contributed by atoms with Gasteiger partial charge in [-0.05, 0) is 57.4 Å². The molecule has 0 spiro atoms. The van der Waals surface area contributed by atoms with E-state index in [1.807, 2.05) is 19.9 Å². The molecule has 122 valence electrons. The Hall–Kier alpha value is -1.18.